The Kier molecular flexibility index (Phi) is 5.21. The number of nitrogens with zero attached hydrogens (tertiary/aromatic N) is 6. The zero-order chi connectivity index (χ0) is 20.7. The minimum Gasteiger partial charge on any atom is -0.384 e. The highest BCUT2D eigenvalue weighted by Gasteiger charge is 2.32. The van der Waals surface area contributed by atoms with Gasteiger partial charge in [-0.15, -0.1) is 10.2 Å². The van der Waals surface area contributed by atoms with Crippen LogP contribution in [0.1, 0.15) is 29.2 Å². The highest BCUT2D eigenvalue weighted by atomic mass is 32.2. The van der Waals surface area contributed by atoms with Gasteiger partial charge in [0.05, 0.1) is 19.0 Å². The van der Waals surface area contributed by atoms with E-state index < -0.39 is 17.0 Å². The van der Waals surface area contributed by atoms with Crippen molar-refractivity contribution in [3.63, 3.8) is 0 Å². The van der Waals surface area contributed by atoms with Crippen LogP contribution in [0.2, 0.25) is 0 Å². The summed E-state index contributed by atoms with van der Waals surface area (Å²) in [5, 5.41) is 9.27. The molecule has 29 heavy (non-hydrogen) atoms. The molecule has 1 saturated heterocycles. The van der Waals surface area contributed by atoms with Gasteiger partial charge < -0.3 is 15.4 Å². The van der Waals surface area contributed by atoms with Gasteiger partial charge in [-0.3, -0.25) is 23.3 Å². The number of carbonyl (C=O) groups excluding carboxylic acids is 1. The number of carbonyl (C=O) groups is 1. The average Bonchev–Trinajstić information content (AvgIpc) is 3.48. The van der Waals surface area contributed by atoms with Crippen molar-refractivity contribution < 1.29 is 9.53 Å². The first-order valence-corrected chi connectivity index (χ1v) is 10.4. The molecule has 0 atom stereocenters. The van der Waals surface area contributed by atoms with Crippen molar-refractivity contribution in [1.82, 2.24) is 23.9 Å². The van der Waals surface area contributed by atoms with Crippen LogP contribution in [0.5, 0.6) is 0 Å². The number of nitrogen functional groups attached to an aromatic ring is 1. The summed E-state index contributed by atoms with van der Waals surface area (Å²) in [5.74, 6) is 0.206. The lowest BCUT2D eigenvalue weighted by Gasteiger charge is -2.27. The van der Waals surface area contributed by atoms with Gasteiger partial charge in [0.15, 0.2) is 10.9 Å². The van der Waals surface area contributed by atoms with E-state index in [2.05, 4.69) is 19.7 Å². The van der Waals surface area contributed by atoms with Crippen molar-refractivity contribution in [2.45, 2.75) is 24.0 Å². The zero-order valence-corrected chi connectivity index (χ0v) is 17.1. The summed E-state index contributed by atoms with van der Waals surface area (Å²) in [6.07, 6.45) is 2.09. The second-order valence-electron chi connectivity index (χ2n) is 7.16. The molecule has 0 bridgehead atoms. The molecule has 1 aliphatic heterocycles. The van der Waals surface area contributed by atoms with Crippen LogP contribution in [0.3, 0.4) is 0 Å². The van der Waals surface area contributed by atoms with Crippen molar-refractivity contribution in [3.8, 4) is 0 Å². The molecule has 12 heteroatoms. The molecule has 3 heterocycles. The van der Waals surface area contributed by atoms with Crippen LogP contribution >= 0.6 is 11.8 Å². The number of hydrogen-bond acceptors (Lipinski definition) is 9. The van der Waals surface area contributed by atoms with E-state index in [-0.39, 0.29) is 17.1 Å². The van der Waals surface area contributed by atoms with Crippen LogP contribution in [0, 0.1) is 0 Å². The SMILES string of the molecule is Cn1c(N)c(C(=O)CSc2nnc(N3CCOCC3)n2C2CC2)c(=O)n(C)c1=O. The van der Waals surface area contributed by atoms with E-state index in [9.17, 15) is 14.4 Å². The summed E-state index contributed by atoms with van der Waals surface area (Å²) >= 11 is 1.23. The largest absolute Gasteiger partial charge is 0.384 e. The van der Waals surface area contributed by atoms with E-state index in [1.807, 2.05) is 0 Å². The van der Waals surface area contributed by atoms with E-state index >= 15 is 0 Å². The first kappa shape index (κ1) is 19.7. The van der Waals surface area contributed by atoms with Gasteiger partial charge in [0.1, 0.15) is 11.4 Å². The highest BCUT2D eigenvalue weighted by molar-refractivity contribution is 7.99. The molecule has 156 valence electrons. The molecule has 0 spiro atoms. The van der Waals surface area contributed by atoms with Crippen molar-refractivity contribution >= 4 is 29.3 Å². The van der Waals surface area contributed by atoms with Crippen LogP contribution in [0.4, 0.5) is 11.8 Å². The van der Waals surface area contributed by atoms with Crippen molar-refractivity contribution in [2.24, 2.45) is 14.1 Å². The molecule has 1 aliphatic carbocycles. The number of thioether (sulfide) groups is 1. The number of hydrogen-bond donors (Lipinski definition) is 1. The maximum absolute atomic E-state index is 12.8. The second-order valence-corrected chi connectivity index (χ2v) is 8.10. The fraction of sp³-hybridized carbons (Fsp3) is 0.588. The predicted molar refractivity (Wildman–Crippen MR) is 108 cm³/mol. The summed E-state index contributed by atoms with van der Waals surface area (Å²) in [5.41, 5.74) is 4.45. The maximum atomic E-state index is 12.8. The number of Topliss-reactive ketones (excluding diaryl/α,β-unsaturated/α-hetero) is 1. The third-order valence-corrected chi connectivity index (χ3v) is 6.12. The third-order valence-electron chi connectivity index (χ3n) is 5.17. The number of anilines is 2. The van der Waals surface area contributed by atoms with E-state index in [4.69, 9.17) is 10.5 Å². The van der Waals surface area contributed by atoms with Gasteiger partial charge in [-0.25, -0.2) is 4.79 Å². The first-order chi connectivity index (χ1) is 13.9. The first-order valence-electron chi connectivity index (χ1n) is 9.39. The molecule has 0 unspecified atom stereocenters. The molecule has 4 rings (SSSR count). The van der Waals surface area contributed by atoms with Crippen LogP contribution in [0.25, 0.3) is 0 Å². The van der Waals surface area contributed by atoms with E-state index in [1.165, 1.54) is 25.9 Å². The van der Waals surface area contributed by atoms with Gasteiger partial charge in [0, 0.05) is 33.2 Å². The quantitative estimate of drug-likeness (QED) is 0.480. The lowest BCUT2D eigenvalue weighted by Crippen LogP contribution is -2.41. The molecule has 0 aromatic carbocycles. The molecule has 11 nitrogen and oxygen atoms in total. The average molecular weight is 421 g/mol. The summed E-state index contributed by atoms with van der Waals surface area (Å²) in [4.78, 5) is 39.2. The highest BCUT2D eigenvalue weighted by Crippen LogP contribution is 2.41. The second kappa shape index (κ2) is 7.67. The van der Waals surface area contributed by atoms with Gasteiger partial charge in [-0.2, -0.15) is 0 Å². The fourth-order valence-corrected chi connectivity index (χ4v) is 4.20. The molecular weight excluding hydrogens is 398 g/mol. The maximum Gasteiger partial charge on any atom is 0.332 e. The topological polar surface area (TPSA) is 130 Å². The summed E-state index contributed by atoms with van der Waals surface area (Å²) < 4.78 is 9.47. The van der Waals surface area contributed by atoms with Crippen LogP contribution < -0.4 is 21.9 Å². The molecule has 1 saturated carbocycles. The lowest BCUT2D eigenvalue weighted by atomic mass is 10.2. The molecule has 2 N–H and O–H groups in total. The fourth-order valence-electron chi connectivity index (χ4n) is 3.32. The standard InChI is InChI=1S/C17H23N7O4S/c1-21-13(18)12(14(26)22(2)17(21)27)11(25)9-29-16-20-19-15(24(16)10-3-4-10)23-5-7-28-8-6-23/h10H,3-9,18H2,1-2H3. The molecule has 2 aliphatic rings. The minimum absolute atomic E-state index is 0.0222. The smallest absolute Gasteiger partial charge is 0.332 e. The summed E-state index contributed by atoms with van der Waals surface area (Å²) in [6, 6.07) is 0.330. The van der Waals surface area contributed by atoms with Crippen molar-refractivity contribution in [2.75, 3.05) is 42.7 Å². The Labute approximate surface area is 170 Å². The molecule has 0 amide bonds. The molecule has 2 aromatic heterocycles. The van der Waals surface area contributed by atoms with Gasteiger partial charge in [0.2, 0.25) is 5.95 Å². The van der Waals surface area contributed by atoms with E-state index in [0.29, 0.717) is 24.4 Å². The number of nitrogens with two attached hydrogens (primary N) is 1. The lowest BCUT2D eigenvalue weighted by molar-refractivity contribution is 0.102. The normalized spacial score (nSPS) is 17.0. The van der Waals surface area contributed by atoms with E-state index in [0.717, 1.165) is 41.0 Å². The Morgan fingerprint density at radius 1 is 1.17 bits per heavy atom. The molecular formula is C17H23N7O4S. The number of ether oxygens (including phenoxy) is 1. The Morgan fingerprint density at radius 3 is 2.52 bits per heavy atom. The Morgan fingerprint density at radius 2 is 1.86 bits per heavy atom. The minimum atomic E-state index is -0.686. The molecule has 2 aromatic rings. The Balaban J connectivity index is 1.57. The predicted octanol–water partition coefficient (Wildman–Crippen LogP) is -0.596. The number of morpholine rings is 1. The zero-order valence-electron chi connectivity index (χ0n) is 16.3. The Hall–Kier alpha value is -2.60. The van der Waals surface area contributed by atoms with Gasteiger partial charge >= 0.3 is 5.69 Å². The molecule has 0 radical (unpaired) electrons. The third kappa shape index (κ3) is 3.57. The monoisotopic (exact) mass is 421 g/mol. The van der Waals surface area contributed by atoms with E-state index in [1.54, 1.807) is 0 Å². The summed E-state index contributed by atoms with van der Waals surface area (Å²) in [7, 11) is 2.76. The van der Waals surface area contributed by atoms with Crippen LogP contribution in [-0.4, -0.2) is 61.7 Å². The number of aromatic nitrogens is 5. The van der Waals surface area contributed by atoms with Crippen LogP contribution in [0.15, 0.2) is 14.7 Å². The van der Waals surface area contributed by atoms with Gasteiger partial charge in [-0.05, 0) is 12.8 Å². The van der Waals surface area contributed by atoms with Gasteiger partial charge in [-0.1, -0.05) is 11.8 Å². The Bertz CT molecular complexity index is 1060. The van der Waals surface area contributed by atoms with Crippen molar-refractivity contribution in [3.05, 3.63) is 26.4 Å². The summed E-state index contributed by atoms with van der Waals surface area (Å²) in [6.45, 7) is 2.79. The number of rotatable bonds is 6. The molecule has 2 fully saturated rings. The van der Waals surface area contributed by atoms with Crippen molar-refractivity contribution in [1.29, 1.82) is 0 Å². The van der Waals surface area contributed by atoms with Crippen LogP contribution in [-0.2, 0) is 18.8 Å². The van der Waals surface area contributed by atoms with Gasteiger partial charge in [0.25, 0.3) is 5.56 Å². The number of ketones is 1.